The van der Waals surface area contributed by atoms with Gasteiger partial charge in [0, 0.05) is 6.42 Å². The highest BCUT2D eigenvalue weighted by atomic mass is 16.5. The Bertz CT molecular complexity index is 404. The summed E-state index contributed by atoms with van der Waals surface area (Å²) >= 11 is 0. The third kappa shape index (κ3) is 4.37. The summed E-state index contributed by atoms with van der Waals surface area (Å²) in [4.78, 5) is 10.9. The van der Waals surface area contributed by atoms with Crippen molar-refractivity contribution in [1.29, 1.82) is 0 Å². The number of hydrogen-bond acceptors (Lipinski definition) is 3. The van der Waals surface area contributed by atoms with Crippen LogP contribution in [0.4, 0.5) is 0 Å². The highest BCUT2D eigenvalue weighted by Crippen LogP contribution is 2.18. The van der Waals surface area contributed by atoms with Crippen LogP contribution in [0.3, 0.4) is 0 Å². The molecule has 0 aliphatic carbocycles. The van der Waals surface area contributed by atoms with Crippen LogP contribution in [0.15, 0.2) is 18.2 Å². The lowest BCUT2D eigenvalue weighted by Gasteiger charge is -2.14. The van der Waals surface area contributed by atoms with Crippen LogP contribution < -0.4 is 10.1 Å². The van der Waals surface area contributed by atoms with Crippen LogP contribution in [-0.2, 0) is 4.79 Å². The monoisotopic (exact) mass is 251 g/mol. The zero-order valence-electron chi connectivity index (χ0n) is 11.2. The van der Waals surface area contributed by atoms with Crippen LogP contribution >= 0.6 is 0 Å². The first-order chi connectivity index (χ1) is 8.54. The van der Waals surface area contributed by atoms with Crippen LogP contribution in [-0.4, -0.2) is 30.3 Å². The second-order valence-electron chi connectivity index (χ2n) is 4.35. The summed E-state index contributed by atoms with van der Waals surface area (Å²) in [6.07, 6.45) is 0.455. The predicted octanol–water partition coefficient (Wildman–Crippen LogP) is 2.14. The van der Waals surface area contributed by atoms with Gasteiger partial charge in [-0.05, 0) is 32.0 Å². The van der Waals surface area contributed by atoms with Crippen LogP contribution in [0.25, 0.3) is 0 Å². The van der Waals surface area contributed by atoms with Gasteiger partial charge in [0.1, 0.15) is 11.8 Å². The molecule has 100 valence electrons. The molecule has 0 aliphatic rings. The average molecular weight is 251 g/mol. The Morgan fingerprint density at radius 3 is 2.72 bits per heavy atom. The molecule has 1 aromatic rings. The normalized spacial score (nSPS) is 12.2. The number of nitrogens with one attached hydrogen (secondary N) is 1. The molecular weight excluding hydrogens is 230 g/mol. The van der Waals surface area contributed by atoms with Gasteiger partial charge >= 0.3 is 5.97 Å². The lowest BCUT2D eigenvalue weighted by atomic mass is 10.1. The molecule has 1 unspecified atom stereocenters. The Morgan fingerprint density at radius 2 is 2.17 bits per heavy atom. The Kier molecular flexibility index (Phi) is 5.65. The van der Waals surface area contributed by atoms with Gasteiger partial charge < -0.3 is 15.2 Å². The molecule has 0 radical (unpaired) electrons. The van der Waals surface area contributed by atoms with Crippen molar-refractivity contribution in [2.75, 3.05) is 13.2 Å². The van der Waals surface area contributed by atoms with Crippen LogP contribution in [0, 0.1) is 13.8 Å². The van der Waals surface area contributed by atoms with Crippen molar-refractivity contribution in [2.45, 2.75) is 33.2 Å². The summed E-state index contributed by atoms with van der Waals surface area (Å²) in [5.74, 6) is -0.0117. The molecule has 4 heteroatoms. The van der Waals surface area contributed by atoms with Gasteiger partial charge in [0.2, 0.25) is 0 Å². The van der Waals surface area contributed by atoms with Crippen molar-refractivity contribution < 1.29 is 14.6 Å². The number of aryl methyl sites for hydroxylation is 2. The molecule has 0 fully saturated rings. The van der Waals surface area contributed by atoms with Gasteiger partial charge in [-0.2, -0.15) is 0 Å². The van der Waals surface area contributed by atoms with Crippen LogP contribution in [0.2, 0.25) is 0 Å². The fourth-order valence-electron chi connectivity index (χ4n) is 1.81. The maximum atomic E-state index is 10.9. The second-order valence-corrected chi connectivity index (χ2v) is 4.35. The van der Waals surface area contributed by atoms with Crippen molar-refractivity contribution in [2.24, 2.45) is 0 Å². The van der Waals surface area contributed by atoms with Gasteiger partial charge in [-0.15, -0.1) is 0 Å². The predicted molar refractivity (Wildman–Crippen MR) is 71.1 cm³/mol. The minimum Gasteiger partial charge on any atom is -0.493 e. The molecule has 0 amide bonds. The van der Waals surface area contributed by atoms with Crippen LogP contribution in [0.1, 0.15) is 24.5 Å². The largest absolute Gasteiger partial charge is 0.493 e. The van der Waals surface area contributed by atoms with Gasteiger partial charge in [-0.25, -0.2) is 0 Å². The third-order valence-corrected chi connectivity index (χ3v) is 2.74. The summed E-state index contributed by atoms with van der Waals surface area (Å²) in [6.45, 7) is 6.94. The molecule has 0 spiro atoms. The van der Waals surface area contributed by atoms with E-state index in [9.17, 15) is 4.79 Å². The van der Waals surface area contributed by atoms with Gasteiger partial charge in [0.15, 0.2) is 0 Å². The van der Waals surface area contributed by atoms with Gasteiger partial charge in [-0.3, -0.25) is 4.79 Å². The molecule has 1 aromatic carbocycles. The zero-order chi connectivity index (χ0) is 13.5. The quantitative estimate of drug-likeness (QED) is 0.779. The standard InChI is InChI=1S/C14H21NO3/c1-4-15-12(14(16)17)7-8-18-13-6-5-10(2)9-11(13)3/h5-6,9,12,15H,4,7-8H2,1-3H3,(H,16,17). The van der Waals surface area contributed by atoms with Crippen LogP contribution in [0.5, 0.6) is 5.75 Å². The Labute approximate surface area is 108 Å². The molecule has 1 atom stereocenters. The molecule has 18 heavy (non-hydrogen) atoms. The van der Waals surface area contributed by atoms with Gasteiger partial charge in [0.25, 0.3) is 0 Å². The number of aliphatic carboxylic acids is 1. The first-order valence-corrected chi connectivity index (χ1v) is 6.20. The van der Waals surface area contributed by atoms with Gasteiger partial charge in [-0.1, -0.05) is 24.6 Å². The van der Waals surface area contributed by atoms with Gasteiger partial charge in [0.05, 0.1) is 6.61 Å². The molecule has 0 bridgehead atoms. The van der Waals surface area contributed by atoms with E-state index >= 15 is 0 Å². The lowest BCUT2D eigenvalue weighted by molar-refractivity contribution is -0.139. The second kappa shape index (κ2) is 7.01. The van der Waals surface area contributed by atoms with E-state index in [0.717, 1.165) is 11.3 Å². The molecular formula is C14H21NO3. The number of carbonyl (C=O) groups is 1. The molecule has 0 saturated heterocycles. The number of benzene rings is 1. The number of carboxylic acid groups (broad SMARTS) is 1. The van der Waals surface area contributed by atoms with E-state index in [1.165, 1.54) is 5.56 Å². The number of ether oxygens (including phenoxy) is 1. The summed E-state index contributed by atoms with van der Waals surface area (Å²) in [6, 6.07) is 5.42. The topological polar surface area (TPSA) is 58.6 Å². The van der Waals surface area contributed by atoms with Crippen molar-refractivity contribution in [3.63, 3.8) is 0 Å². The molecule has 0 aliphatic heterocycles. The molecule has 4 nitrogen and oxygen atoms in total. The van der Waals surface area contributed by atoms with Crippen molar-refractivity contribution in [3.8, 4) is 5.75 Å². The van der Waals surface area contributed by atoms with Crippen molar-refractivity contribution >= 4 is 5.97 Å². The average Bonchev–Trinajstić information content (AvgIpc) is 2.30. The number of likely N-dealkylation sites (N-methyl/N-ethyl adjacent to an activating group) is 1. The molecule has 0 saturated carbocycles. The zero-order valence-corrected chi connectivity index (χ0v) is 11.2. The van der Waals surface area contributed by atoms with E-state index in [1.807, 2.05) is 39.0 Å². The maximum absolute atomic E-state index is 10.9. The summed E-state index contributed by atoms with van der Waals surface area (Å²) in [5, 5.41) is 11.9. The van der Waals surface area contributed by atoms with Crippen molar-refractivity contribution in [1.82, 2.24) is 5.32 Å². The van der Waals surface area contributed by atoms with Crippen molar-refractivity contribution in [3.05, 3.63) is 29.3 Å². The minimum atomic E-state index is -0.832. The van der Waals surface area contributed by atoms with E-state index in [2.05, 4.69) is 5.32 Å². The van der Waals surface area contributed by atoms with E-state index in [1.54, 1.807) is 0 Å². The first kappa shape index (κ1) is 14.5. The third-order valence-electron chi connectivity index (χ3n) is 2.74. The lowest BCUT2D eigenvalue weighted by Crippen LogP contribution is -2.37. The molecule has 1 rings (SSSR count). The minimum absolute atomic E-state index is 0.397. The van der Waals surface area contributed by atoms with E-state index < -0.39 is 12.0 Å². The molecule has 0 heterocycles. The summed E-state index contributed by atoms with van der Waals surface area (Å²) in [7, 11) is 0. The van der Waals surface area contributed by atoms with E-state index in [-0.39, 0.29) is 0 Å². The number of carboxylic acids is 1. The highest BCUT2D eigenvalue weighted by molar-refractivity contribution is 5.73. The highest BCUT2D eigenvalue weighted by Gasteiger charge is 2.15. The first-order valence-electron chi connectivity index (χ1n) is 6.20. The Morgan fingerprint density at radius 1 is 1.44 bits per heavy atom. The SMILES string of the molecule is CCNC(CCOc1ccc(C)cc1C)C(=O)O. The molecule has 0 aromatic heterocycles. The number of hydrogen-bond donors (Lipinski definition) is 2. The van der Waals surface area contributed by atoms with E-state index in [0.29, 0.717) is 19.6 Å². The summed E-state index contributed by atoms with van der Waals surface area (Å²) in [5.41, 5.74) is 2.27. The Hall–Kier alpha value is -1.55. The summed E-state index contributed by atoms with van der Waals surface area (Å²) < 4.78 is 5.62. The van der Waals surface area contributed by atoms with E-state index in [4.69, 9.17) is 9.84 Å². The maximum Gasteiger partial charge on any atom is 0.320 e. The smallest absolute Gasteiger partial charge is 0.320 e. The fraction of sp³-hybridized carbons (Fsp3) is 0.500. The number of rotatable bonds is 7. The Balaban J connectivity index is 2.47. The molecule has 2 N–H and O–H groups in total. The fourth-order valence-corrected chi connectivity index (χ4v) is 1.81.